The Morgan fingerprint density at radius 3 is 2.65 bits per heavy atom. The van der Waals surface area contributed by atoms with E-state index in [0.717, 1.165) is 5.69 Å². The van der Waals surface area contributed by atoms with Crippen LogP contribution in [0.25, 0.3) is 5.65 Å². The average molecular weight is 323 g/mol. The summed E-state index contributed by atoms with van der Waals surface area (Å²) in [5.74, 6) is 0.569. The molecule has 1 aromatic carbocycles. The van der Waals surface area contributed by atoms with Crippen LogP contribution in [0.1, 0.15) is 22.8 Å². The third-order valence-corrected chi connectivity index (χ3v) is 4.04. The van der Waals surface area contributed by atoms with Gasteiger partial charge in [-0.15, -0.1) is 11.8 Å². The Hall–Kier alpha value is -2.85. The van der Waals surface area contributed by atoms with E-state index >= 15 is 0 Å². The molecule has 6 nitrogen and oxygen atoms in total. The molecule has 0 spiro atoms. The van der Waals surface area contributed by atoms with Crippen LogP contribution in [0.3, 0.4) is 0 Å². The van der Waals surface area contributed by atoms with Crippen molar-refractivity contribution in [2.45, 2.75) is 11.9 Å². The summed E-state index contributed by atoms with van der Waals surface area (Å²) in [4.78, 5) is 15.8. The molecule has 0 aliphatic rings. The van der Waals surface area contributed by atoms with Crippen molar-refractivity contribution in [2.75, 3.05) is 11.6 Å². The standard InChI is InChI=1S/C16H13N5OS/c1-10(22)11-3-5-12(6-4-11)19-15-13(9-17)16(23-2)20-14-7-8-18-21(14)15/h3-8,19H,1-2H3. The summed E-state index contributed by atoms with van der Waals surface area (Å²) >= 11 is 1.41. The van der Waals surface area contributed by atoms with Gasteiger partial charge in [0.25, 0.3) is 0 Å². The number of carbonyl (C=O) groups excluding carboxylic acids is 1. The molecular weight excluding hydrogens is 310 g/mol. The number of Topliss-reactive ketones (excluding diaryl/α,β-unsaturated/α-hetero) is 1. The zero-order valence-electron chi connectivity index (χ0n) is 12.6. The molecule has 0 fully saturated rings. The highest BCUT2D eigenvalue weighted by Crippen LogP contribution is 2.28. The van der Waals surface area contributed by atoms with Gasteiger partial charge in [0.15, 0.2) is 17.2 Å². The van der Waals surface area contributed by atoms with Crippen molar-refractivity contribution in [3.8, 4) is 6.07 Å². The number of nitriles is 1. The number of nitrogens with one attached hydrogen (secondary N) is 1. The predicted molar refractivity (Wildman–Crippen MR) is 89.2 cm³/mol. The van der Waals surface area contributed by atoms with Crippen LogP contribution in [0, 0.1) is 11.3 Å². The normalized spacial score (nSPS) is 10.5. The molecular formula is C16H13N5OS. The van der Waals surface area contributed by atoms with Crippen molar-refractivity contribution in [2.24, 2.45) is 0 Å². The molecule has 7 heteroatoms. The molecule has 3 aromatic rings. The SMILES string of the molecule is CSc1nc2ccnn2c(Nc2ccc(C(C)=O)cc2)c1C#N. The third kappa shape index (κ3) is 2.76. The maximum atomic E-state index is 11.4. The molecule has 1 N–H and O–H groups in total. The molecule has 2 aromatic heterocycles. The van der Waals surface area contributed by atoms with Crippen LogP contribution in [0.15, 0.2) is 41.6 Å². The number of thioether (sulfide) groups is 1. The van der Waals surface area contributed by atoms with Gasteiger partial charge in [0.1, 0.15) is 16.7 Å². The first-order chi connectivity index (χ1) is 11.1. The van der Waals surface area contributed by atoms with Crippen molar-refractivity contribution >= 4 is 34.7 Å². The Kier molecular flexibility index (Phi) is 4.00. The highest BCUT2D eigenvalue weighted by Gasteiger charge is 2.15. The number of rotatable bonds is 4. The highest BCUT2D eigenvalue weighted by atomic mass is 32.2. The van der Waals surface area contributed by atoms with Gasteiger partial charge in [-0.05, 0) is 37.4 Å². The largest absolute Gasteiger partial charge is 0.339 e. The number of ketones is 1. The average Bonchev–Trinajstić information content (AvgIpc) is 3.03. The van der Waals surface area contributed by atoms with E-state index in [2.05, 4.69) is 21.5 Å². The summed E-state index contributed by atoms with van der Waals surface area (Å²) in [6.45, 7) is 1.52. The lowest BCUT2D eigenvalue weighted by atomic mass is 10.1. The minimum absolute atomic E-state index is 0.0114. The van der Waals surface area contributed by atoms with Crippen molar-refractivity contribution in [1.82, 2.24) is 14.6 Å². The van der Waals surface area contributed by atoms with E-state index in [1.165, 1.54) is 18.7 Å². The van der Waals surface area contributed by atoms with Gasteiger partial charge >= 0.3 is 0 Å². The first-order valence-electron chi connectivity index (χ1n) is 6.84. The lowest BCUT2D eigenvalue weighted by Crippen LogP contribution is -2.06. The summed E-state index contributed by atoms with van der Waals surface area (Å²) in [5, 5.41) is 17.6. The van der Waals surface area contributed by atoms with Crippen LogP contribution in [0.4, 0.5) is 11.5 Å². The molecule has 0 atom stereocenters. The number of hydrogen-bond acceptors (Lipinski definition) is 6. The molecule has 23 heavy (non-hydrogen) atoms. The molecule has 0 bridgehead atoms. The second-order valence-corrected chi connectivity index (χ2v) is 5.61. The number of carbonyl (C=O) groups is 1. The van der Waals surface area contributed by atoms with Crippen molar-refractivity contribution in [1.29, 1.82) is 5.26 Å². The second kappa shape index (κ2) is 6.10. The second-order valence-electron chi connectivity index (χ2n) is 4.82. The van der Waals surface area contributed by atoms with E-state index in [-0.39, 0.29) is 5.78 Å². The summed E-state index contributed by atoms with van der Waals surface area (Å²) in [6.07, 6.45) is 3.51. The highest BCUT2D eigenvalue weighted by molar-refractivity contribution is 7.98. The Morgan fingerprint density at radius 2 is 2.04 bits per heavy atom. The minimum Gasteiger partial charge on any atom is -0.339 e. The van der Waals surface area contributed by atoms with E-state index in [1.54, 1.807) is 41.0 Å². The maximum absolute atomic E-state index is 11.4. The predicted octanol–water partition coefficient (Wildman–Crippen LogP) is 3.27. The molecule has 3 rings (SSSR count). The Balaban J connectivity index is 2.09. The maximum Gasteiger partial charge on any atom is 0.159 e. The Morgan fingerprint density at radius 1 is 1.30 bits per heavy atom. The number of hydrogen-bond donors (Lipinski definition) is 1. The molecule has 0 aliphatic carbocycles. The monoisotopic (exact) mass is 323 g/mol. The third-order valence-electron chi connectivity index (χ3n) is 3.36. The number of nitrogens with zero attached hydrogens (tertiary/aromatic N) is 4. The fourth-order valence-electron chi connectivity index (χ4n) is 2.21. The molecule has 0 saturated carbocycles. The topological polar surface area (TPSA) is 83.1 Å². The van der Waals surface area contributed by atoms with E-state index in [0.29, 0.717) is 27.6 Å². The molecule has 2 heterocycles. The fourth-order valence-corrected chi connectivity index (χ4v) is 2.74. The van der Waals surface area contributed by atoms with Crippen LogP contribution < -0.4 is 5.32 Å². The van der Waals surface area contributed by atoms with E-state index in [9.17, 15) is 10.1 Å². The number of benzene rings is 1. The number of anilines is 2. The van der Waals surface area contributed by atoms with E-state index in [4.69, 9.17) is 0 Å². The molecule has 0 saturated heterocycles. The number of aromatic nitrogens is 3. The first-order valence-corrected chi connectivity index (χ1v) is 8.06. The molecule has 0 unspecified atom stereocenters. The van der Waals surface area contributed by atoms with Gasteiger partial charge in [-0.2, -0.15) is 14.9 Å². The minimum atomic E-state index is 0.0114. The zero-order chi connectivity index (χ0) is 16.4. The zero-order valence-corrected chi connectivity index (χ0v) is 13.4. The van der Waals surface area contributed by atoms with Gasteiger partial charge in [0.05, 0.1) is 6.20 Å². The lowest BCUT2D eigenvalue weighted by Gasteiger charge is -2.12. The van der Waals surface area contributed by atoms with Gasteiger partial charge < -0.3 is 5.32 Å². The molecule has 0 amide bonds. The molecule has 114 valence electrons. The number of fused-ring (bicyclic) bond motifs is 1. The summed E-state index contributed by atoms with van der Waals surface area (Å²) in [5.41, 5.74) is 2.50. The van der Waals surface area contributed by atoms with E-state index < -0.39 is 0 Å². The smallest absolute Gasteiger partial charge is 0.159 e. The van der Waals surface area contributed by atoms with Crippen LogP contribution in [0.5, 0.6) is 0 Å². The van der Waals surface area contributed by atoms with Gasteiger partial charge in [-0.3, -0.25) is 4.79 Å². The summed E-state index contributed by atoms with van der Waals surface area (Å²) in [7, 11) is 0. The van der Waals surface area contributed by atoms with Crippen molar-refractivity contribution in [3.63, 3.8) is 0 Å². The quantitative estimate of drug-likeness (QED) is 0.451. The van der Waals surface area contributed by atoms with Gasteiger partial charge in [0, 0.05) is 17.3 Å². The lowest BCUT2D eigenvalue weighted by molar-refractivity contribution is 0.101. The van der Waals surface area contributed by atoms with Crippen LogP contribution in [-0.4, -0.2) is 26.6 Å². The van der Waals surface area contributed by atoms with Gasteiger partial charge in [-0.25, -0.2) is 4.98 Å². The Bertz CT molecular complexity index is 924. The first kappa shape index (κ1) is 15.1. The van der Waals surface area contributed by atoms with E-state index in [1.807, 2.05) is 6.26 Å². The van der Waals surface area contributed by atoms with Crippen molar-refractivity contribution < 1.29 is 4.79 Å². The van der Waals surface area contributed by atoms with Crippen LogP contribution in [0.2, 0.25) is 0 Å². The fraction of sp³-hybridized carbons (Fsp3) is 0.125. The van der Waals surface area contributed by atoms with Crippen LogP contribution in [-0.2, 0) is 0 Å². The van der Waals surface area contributed by atoms with Crippen molar-refractivity contribution in [3.05, 3.63) is 47.7 Å². The molecule has 0 aliphatic heterocycles. The Labute approximate surface area is 137 Å². The summed E-state index contributed by atoms with van der Waals surface area (Å²) < 4.78 is 1.59. The molecule has 0 radical (unpaired) electrons. The van der Waals surface area contributed by atoms with Gasteiger partial charge in [0.2, 0.25) is 0 Å². The summed E-state index contributed by atoms with van der Waals surface area (Å²) in [6, 6.07) is 11.1. The van der Waals surface area contributed by atoms with Gasteiger partial charge in [-0.1, -0.05) is 0 Å². The van der Waals surface area contributed by atoms with Crippen LogP contribution >= 0.6 is 11.8 Å².